The van der Waals surface area contributed by atoms with Crippen LogP contribution in [0.25, 0.3) is 65.4 Å². The minimum Gasteiger partial charge on any atom is -0.456 e. The second-order valence-corrected chi connectivity index (χ2v) is 14.8. The lowest BCUT2D eigenvalue weighted by atomic mass is 9.33. The van der Waals surface area contributed by atoms with E-state index >= 15 is 0 Å². The van der Waals surface area contributed by atoms with Crippen molar-refractivity contribution in [2.75, 3.05) is 9.80 Å². The molecule has 0 amide bonds. The summed E-state index contributed by atoms with van der Waals surface area (Å²) in [6.07, 6.45) is 0. The van der Waals surface area contributed by atoms with Crippen LogP contribution in [-0.4, -0.2) is 6.71 Å². The molecule has 55 heavy (non-hydrogen) atoms. The van der Waals surface area contributed by atoms with Gasteiger partial charge in [0.15, 0.2) is 0 Å². The average molecular weight is 701 g/mol. The molecule has 4 heterocycles. The van der Waals surface area contributed by atoms with Crippen LogP contribution in [0.15, 0.2) is 185 Å². The second kappa shape index (κ2) is 10.7. The summed E-state index contributed by atoms with van der Waals surface area (Å²) in [5.74, 6) is 0. The fourth-order valence-electron chi connectivity index (χ4n) is 9.84. The van der Waals surface area contributed by atoms with Crippen LogP contribution in [0.3, 0.4) is 0 Å². The first-order valence-electron chi connectivity index (χ1n) is 18.9. The Hall–Kier alpha value is -7.24. The quantitative estimate of drug-likeness (QED) is 0.168. The van der Waals surface area contributed by atoms with E-state index in [1.165, 1.54) is 37.9 Å². The largest absolute Gasteiger partial charge is 0.456 e. The van der Waals surface area contributed by atoms with Gasteiger partial charge in [0.2, 0.25) is 0 Å². The molecule has 0 saturated carbocycles. The van der Waals surface area contributed by atoms with Crippen molar-refractivity contribution >= 4 is 123 Å². The monoisotopic (exact) mass is 700 g/mol. The molecule has 2 aliphatic heterocycles. The lowest BCUT2D eigenvalue weighted by Crippen LogP contribution is -2.61. The summed E-state index contributed by atoms with van der Waals surface area (Å²) < 4.78 is 13.5. The third kappa shape index (κ3) is 3.81. The minimum absolute atomic E-state index is 0.0650. The topological polar surface area (TPSA) is 32.8 Å². The highest BCUT2D eigenvalue weighted by atomic mass is 16.3. The Morgan fingerprint density at radius 1 is 0.345 bits per heavy atom. The van der Waals surface area contributed by atoms with Gasteiger partial charge in [-0.25, -0.2) is 0 Å². The summed E-state index contributed by atoms with van der Waals surface area (Å²) in [7, 11) is 0. The van der Waals surface area contributed by atoms with Crippen LogP contribution < -0.4 is 26.2 Å². The molecule has 9 aromatic carbocycles. The number of nitrogens with zero attached hydrogens (tertiary/aromatic N) is 2. The van der Waals surface area contributed by atoms with Gasteiger partial charge in [-0.05, 0) is 98.6 Å². The van der Waals surface area contributed by atoms with Crippen LogP contribution in [0.1, 0.15) is 0 Å². The molecule has 0 atom stereocenters. The van der Waals surface area contributed by atoms with E-state index < -0.39 is 0 Å². The van der Waals surface area contributed by atoms with E-state index in [0.717, 1.165) is 78.0 Å². The summed E-state index contributed by atoms with van der Waals surface area (Å²) in [5, 5.41) is 9.35. The number of rotatable bonds is 2. The van der Waals surface area contributed by atoms with Crippen molar-refractivity contribution in [3.8, 4) is 0 Å². The third-order valence-electron chi connectivity index (χ3n) is 12.0. The van der Waals surface area contributed by atoms with E-state index in [9.17, 15) is 0 Å². The van der Waals surface area contributed by atoms with E-state index in [-0.39, 0.29) is 6.71 Å². The van der Waals surface area contributed by atoms with Crippen LogP contribution in [0, 0.1) is 0 Å². The molecule has 2 aromatic heterocycles. The zero-order valence-corrected chi connectivity index (χ0v) is 29.5. The number of hydrogen-bond acceptors (Lipinski definition) is 4. The normalized spacial score (nSPS) is 13.3. The van der Waals surface area contributed by atoms with Gasteiger partial charge >= 0.3 is 0 Å². The first kappa shape index (κ1) is 29.2. The highest BCUT2D eigenvalue weighted by Gasteiger charge is 2.45. The molecule has 0 unspecified atom stereocenters. The molecule has 5 heteroatoms. The smallest absolute Gasteiger partial charge is 0.252 e. The number of hydrogen-bond donors (Lipinski definition) is 0. The van der Waals surface area contributed by atoms with Gasteiger partial charge in [-0.3, -0.25) is 0 Å². The molecule has 0 spiro atoms. The maximum absolute atomic E-state index is 6.74. The fourth-order valence-corrected chi connectivity index (χ4v) is 9.84. The molecule has 0 radical (unpaired) electrons. The van der Waals surface area contributed by atoms with E-state index in [4.69, 9.17) is 8.83 Å². The van der Waals surface area contributed by atoms with Gasteiger partial charge in [-0.15, -0.1) is 0 Å². The van der Waals surface area contributed by atoms with Crippen molar-refractivity contribution in [2.24, 2.45) is 0 Å². The molecule has 4 nitrogen and oxygen atoms in total. The molecule has 254 valence electrons. The van der Waals surface area contributed by atoms with E-state index in [2.05, 4.69) is 186 Å². The Bertz CT molecular complexity index is 3180. The predicted octanol–water partition coefficient (Wildman–Crippen LogP) is 11.9. The average Bonchev–Trinajstić information content (AvgIpc) is 3.84. The Balaban J connectivity index is 1.23. The fraction of sp³-hybridized carbons (Fsp3) is 0. The number of furan rings is 2. The van der Waals surface area contributed by atoms with Crippen molar-refractivity contribution < 1.29 is 8.83 Å². The number of para-hydroxylation sites is 2. The highest BCUT2D eigenvalue weighted by Crippen LogP contribution is 2.50. The van der Waals surface area contributed by atoms with Crippen molar-refractivity contribution in [3.05, 3.63) is 176 Å². The Morgan fingerprint density at radius 3 is 1.25 bits per heavy atom. The molecule has 0 N–H and O–H groups in total. The molecule has 0 fully saturated rings. The highest BCUT2D eigenvalue weighted by molar-refractivity contribution is 7.01. The molecule has 0 bridgehead atoms. The minimum atomic E-state index is -0.0650. The van der Waals surface area contributed by atoms with Crippen LogP contribution in [0.4, 0.5) is 34.1 Å². The van der Waals surface area contributed by atoms with Gasteiger partial charge in [0.25, 0.3) is 6.71 Å². The maximum atomic E-state index is 6.74. The van der Waals surface area contributed by atoms with Gasteiger partial charge in [-0.1, -0.05) is 115 Å². The zero-order chi connectivity index (χ0) is 35.8. The zero-order valence-electron chi connectivity index (χ0n) is 29.5. The molecule has 13 rings (SSSR count). The Kier molecular flexibility index (Phi) is 5.68. The molecule has 2 aliphatic rings. The van der Waals surface area contributed by atoms with Crippen LogP contribution in [0.5, 0.6) is 0 Å². The summed E-state index contributed by atoms with van der Waals surface area (Å²) in [5.41, 5.74) is 14.2. The van der Waals surface area contributed by atoms with Crippen LogP contribution >= 0.6 is 0 Å². The van der Waals surface area contributed by atoms with Gasteiger partial charge in [0, 0.05) is 33.5 Å². The van der Waals surface area contributed by atoms with E-state index in [1.54, 1.807) is 0 Å². The van der Waals surface area contributed by atoms with Crippen molar-refractivity contribution in [1.29, 1.82) is 0 Å². The molecule has 11 aromatic rings. The summed E-state index contributed by atoms with van der Waals surface area (Å²) in [6, 6.07) is 63.4. The van der Waals surface area contributed by atoms with Gasteiger partial charge in [0.1, 0.15) is 22.3 Å². The summed E-state index contributed by atoms with van der Waals surface area (Å²) in [6.45, 7) is -0.0650. The standard InChI is InChI=1S/C50H29BN2O2/c1-3-14-32(15-4-1)52-38-20-11-21-39-48(38)51(36-24-28-42-46(49(36)52)44-34-18-9-7-12-30(34)22-26-40(44)54-42)37-25-29-43-47(50(37)53(39)33-16-5-2-6-17-33)45-35-19-10-8-13-31(35)23-27-41(45)55-43/h1-29H. The molecule has 0 aliphatic carbocycles. The second-order valence-electron chi connectivity index (χ2n) is 14.8. The number of fused-ring (bicyclic) bond motifs is 16. The predicted molar refractivity (Wildman–Crippen MR) is 230 cm³/mol. The lowest BCUT2D eigenvalue weighted by molar-refractivity contribution is 0.669. The first-order valence-corrected chi connectivity index (χ1v) is 18.9. The molecule has 0 saturated heterocycles. The Labute approximate surface area is 316 Å². The SMILES string of the molecule is c1ccc(N2c3cccc4c3B(c3ccc5oc6ccc7ccccc7c6c5c32)c2ccc3oc5ccc6ccccc6c5c3c2N4c2ccccc2)cc1. The molecular formula is C50H29BN2O2. The molecular weight excluding hydrogens is 671 g/mol. The van der Waals surface area contributed by atoms with E-state index in [0.29, 0.717) is 0 Å². The Morgan fingerprint density at radius 2 is 0.764 bits per heavy atom. The van der Waals surface area contributed by atoms with Crippen LogP contribution in [-0.2, 0) is 0 Å². The maximum Gasteiger partial charge on any atom is 0.252 e. The number of benzene rings is 9. The first-order chi connectivity index (χ1) is 27.3. The van der Waals surface area contributed by atoms with E-state index in [1.807, 2.05) is 0 Å². The van der Waals surface area contributed by atoms with Gasteiger partial charge < -0.3 is 18.6 Å². The van der Waals surface area contributed by atoms with Gasteiger partial charge in [-0.2, -0.15) is 0 Å². The van der Waals surface area contributed by atoms with Gasteiger partial charge in [0.05, 0.1) is 22.1 Å². The summed E-state index contributed by atoms with van der Waals surface area (Å²) in [4.78, 5) is 4.97. The number of anilines is 6. The lowest BCUT2D eigenvalue weighted by Gasteiger charge is -2.44. The van der Waals surface area contributed by atoms with Crippen molar-refractivity contribution in [1.82, 2.24) is 0 Å². The van der Waals surface area contributed by atoms with Crippen molar-refractivity contribution in [3.63, 3.8) is 0 Å². The van der Waals surface area contributed by atoms with Crippen molar-refractivity contribution in [2.45, 2.75) is 0 Å². The summed E-state index contributed by atoms with van der Waals surface area (Å²) >= 11 is 0. The third-order valence-corrected chi connectivity index (χ3v) is 12.0. The van der Waals surface area contributed by atoms with Crippen LogP contribution in [0.2, 0.25) is 0 Å².